The van der Waals surface area contributed by atoms with Crippen LogP contribution >= 0.6 is 11.8 Å². The number of fused-ring (bicyclic) bond motifs is 1. The van der Waals surface area contributed by atoms with Crippen LogP contribution in [0.25, 0.3) is 11.0 Å². The maximum Gasteiger partial charge on any atom is 0.237 e. The van der Waals surface area contributed by atoms with Gasteiger partial charge in [0.15, 0.2) is 5.16 Å². The van der Waals surface area contributed by atoms with Gasteiger partial charge >= 0.3 is 0 Å². The van der Waals surface area contributed by atoms with Crippen molar-refractivity contribution < 1.29 is 14.3 Å². The highest BCUT2D eigenvalue weighted by molar-refractivity contribution is 8.00. The van der Waals surface area contributed by atoms with Gasteiger partial charge in [0.25, 0.3) is 0 Å². The number of rotatable bonds is 6. The van der Waals surface area contributed by atoms with Gasteiger partial charge in [-0.15, -0.1) is 0 Å². The molecule has 0 spiro atoms. The van der Waals surface area contributed by atoms with E-state index in [4.69, 9.17) is 9.47 Å². The summed E-state index contributed by atoms with van der Waals surface area (Å²) in [4.78, 5) is 20.2. The second-order valence-corrected chi connectivity index (χ2v) is 6.74. The van der Waals surface area contributed by atoms with E-state index in [2.05, 4.69) is 15.3 Å². The number of amides is 1. The van der Waals surface area contributed by atoms with Gasteiger partial charge in [0.1, 0.15) is 11.5 Å². The average molecular weight is 357 g/mol. The molecule has 0 bridgehead atoms. The number of H-pyrrole nitrogens is 1. The van der Waals surface area contributed by atoms with Gasteiger partial charge in [-0.1, -0.05) is 23.9 Å². The Morgan fingerprint density at radius 2 is 1.84 bits per heavy atom. The lowest BCUT2D eigenvalue weighted by Crippen LogP contribution is -2.22. The molecule has 2 N–H and O–H groups in total. The lowest BCUT2D eigenvalue weighted by molar-refractivity contribution is -0.115. The lowest BCUT2D eigenvalue weighted by Gasteiger charge is -2.12. The molecule has 3 rings (SSSR count). The summed E-state index contributed by atoms with van der Waals surface area (Å²) in [5.41, 5.74) is 2.46. The van der Waals surface area contributed by atoms with Gasteiger partial charge in [0.05, 0.1) is 30.5 Å². The molecule has 0 aliphatic carbocycles. The number of para-hydroxylation sites is 2. The first-order chi connectivity index (χ1) is 12.1. The van der Waals surface area contributed by atoms with Crippen molar-refractivity contribution in [3.05, 3.63) is 42.5 Å². The molecule has 7 heteroatoms. The van der Waals surface area contributed by atoms with E-state index in [1.807, 2.05) is 31.2 Å². The fourth-order valence-electron chi connectivity index (χ4n) is 2.33. The minimum atomic E-state index is -0.322. The van der Waals surface area contributed by atoms with Gasteiger partial charge in [0.2, 0.25) is 5.91 Å². The van der Waals surface area contributed by atoms with E-state index in [1.165, 1.54) is 11.8 Å². The number of nitrogens with zero attached hydrogens (tertiary/aromatic N) is 1. The number of hydrogen-bond donors (Lipinski definition) is 2. The number of ether oxygens (including phenoxy) is 2. The zero-order valence-electron chi connectivity index (χ0n) is 14.2. The largest absolute Gasteiger partial charge is 0.497 e. The third-order valence-corrected chi connectivity index (χ3v) is 4.63. The Hall–Kier alpha value is -2.67. The van der Waals surface area contributed by atoms with Gasteiger partial charge in [-0.05, 0) is 19.1 Å². The first kappa shape index (κ1) is 17.2. The molecule has 0 fully saturated rings. The van der Waals surface area contributed by atoms with E-state index in [1.54, 1.807) is 32.4 Å². The molecule has 6 nitrogen and oxygen atoms in total. The standard InChI is InChI=1S/C18H19N3O3S/c1-11(25-18-20-15-6-4-5-7-16(15)21-18)17(22)19-12-8-13(23-2)10-14(9-12)24-3/h4-11H,1-3H3,(H,19,22)(H,20,21)/t11-/m1/s1. The van der Waals surface area contributed by atoms with Crippen molar-refractivity contribution in [2.45, 2.75) is 17.3 Å². The predicted octanol–water partition coefficient (Wildman–Crippen LogP) is 3.70. The summed E-state index contributed by atoms with van der Waals surface area (Å²) in [7, 11) is 3.14. The van der Waals surface area contributed by atoms with Crippen molar-refractivity contribution in [3.63, 3.8) is 0 Å². The number of thioether (sulfide) groups is 1. The first-order valence-corrected chi connectivity index (χ1v) is 8.62. The number of carbonyl (C=O) groups excluding carboxylic acids is 1. The van der Waals surface area contributed by atoms with E-state index in [9.17, 15) is 4.79 Å². The molecule has 25 heavy (non-hydrogen) atoms. The molecule has 1 heterocycles. The number of nitrogens with one attached hydrogen (secondary N) is 2. The molecule has 2 aromatic carbocycles. The summed E-state index contributed by atoms with van der Waals surface area (Å²) in [6.07, 6.45) is 0. The van der Waals surface area contributed by atoms with Gasteiger partial charge in [-0.2, -0.15) is 0 Å². The number of aromatic amines is 1. The summed E-state index contributed by atoms with van der Waals surface area (Å²) in [6.45, 7) is 1.84. The van der Waals surface area contributed by atoms with Crippen LogP contribution in [0.5, 0.6) is 11.5 Å². The smallest absolute Gasteiger partial charge is 0.237 e. The maximum absolute atomic E-state index is 12.5. The van der Waals surface area contributed by atoms with E-state index < -0.39 is 0 Å². The molecule has 3 aromatic rings. The quantitative estimate of drug-likeness (QED) is 0.658. The fraction of sp³-hybridized carbons (Fsp3) is 0.222. The minimum absolute atomic E-state index is 0.124. The van der Waals surface area contributed by atoms with Crippen LogP contribution in [0.2, 0.25) is 0 Å². The molecular formula is C18H19N3O3S. The molecule has 130 valence electrons. The van der Waals surface area contributed by atoms with Gasteiger partial charge < -0.3 is 19.8 Å². The van der Waals surface area contributed by atoms with Crippen molar-refractivity contribution in [1.82, 2.24) is 9.97 Å². The van der Waals surface area contributed by atoms with Gasteiger partial charge in [0, 0.05) is 23.9 Å². The molecule has 0 radical (unpaired) electrons. The van der Waals surface area contributed by atoms with Crippen molar-refractivity contribution in [2.24, 2.45) is 0 Å². The van der Waals surface area contributed by atoms with E-state index in [0.717, 1.165) is 11.0 Å². The number of hydrogen-bond acceptors (Lipinski definition) is 5. The van der Waals surface area contributed by atoms with Gasteiger partial charge in [-0.25, -0.2) is 4.98 Å². The van der Waals surface area contributed by atoms with E-state index in [-0.39, 0.29) is 11.2 Å². The second-order valence-electron chi connectivity index (χ2n) is 5.41. The van der Waals surface area contributed by atoms with Crippen LogP contribution in [-0.4, -0.2) is 35.3 Å². The summed E-state index contributed by atoms with van der Waals surface area (Å²) in [5, 5.41) is 3.28. The number of anilines is 1. The third kappa shape index (κ3) is 4.06. The van der Waals surface area contributed by atoms with Crippen LogP contribution in [0, 0.1) is 0 Å². The van der Waals surface area contributed by atoms with Crippen LogP contribution in [0.3, 0.4) is 0 Å². The zero-order chi connectivity index (χ0) is 17.8. The van der Waals surface area contributed by atoms with Gasteiger partial charge in [-0.3, -0.25) is 4.79 Å². The van der Waals surface area contributed by atoms with Crippen molar-refractivity contribution in [3.8, 4) is 11.5 Å². The Labute approximate surface area is 149 Å². The molecule has 0 saturated heterocycles. The van der Waals surface area contributed by atoms with Crippen LogP contribution < -0.4 is 14.8 Å². The van der Waals surface area contributed by atoms with Crippen LogP contribution in [-0.2, 0) is 4.79 Å². The van der Waals surface area contributed by atoms with E-state index in [0.29, 0.717) is 22.3 Å². The fourth-order valence-corrected chi connectivity index (χ4v) is 3.15. The van der Waals surface area contributed by atoms with Crippen molar-refractivity contribution in [1.29, 1.82) is 0 Å². The van der Waals surface area contributed by atoms with Crippen LogP contribution in [0.15, 0.2) is 47.6 Å². The highest BCUT2D eigenvalue weighted by atomic mass is 32.2. The van der Waals surface area contributed by atoms with Crippen LogP contribution in [0.1, 0.15) is 6.92 Å². The topological polar surface area (TPSA) is 76.2 Å². The number of benzene rings is 2. The summed E-state index contributed by atoms with van der Waals surface area (Å²) >= 11 is 1.38. The minimum Gasteiger partial charge on any atom is -0.497 e. The predicted molar refractivity (Wildman–Crippen MR) is 99.6 cm³/mol. The molecule has 1 atom stereocenters. The van der Waals surface area contributed by atoms with Crippen LogP contribution in [0.4, 0.5) is 5.69 Å². The summed E-state index contributed by atoms with van der Waals surface area (Å²) in [5.74, 6) is 1.11. The maximum atomic E-state index is 12.5. The number of imidazole rings is 1. The Morgan fingerprint density at radius 1 is 1.16 bits per heavy atom. The summed E-state index contributed by atoms with van der Waals surface area (Å²) in [6, 6.07) is 13.0. The molecule has 1 amide bonds. The van der Waals surface area contributed by atoms with Crippen molar-refractivity contribution in [2.75, 3.05) is 19.5 Å². The Morgan fingerprint density at radius 3 is 2.48 bits per heavy atom. The Balaban J connectivity index is 1.70. The molecular weight excluding hydrogens is 338 g/mol. The number of carbonyl (C=O) groups is 1. The zero-order valence-corrected chi connectivity index (χ0v) is 15.0. The second kappa shape index (κ2) is 7.48. The molecule has 1 aromatic heterocycles. The molecule has 0 aliphatic rings. The average Bonchev–Trinajstić information content (AvgIpc) is 3.03. The summed E-state index contributed by atoms with van der Waals surface area (Å²) < 4.78 is 10.4. The SMILES string of the molecule is COc1cc(NC(=O)[C@@H](C)Sc2nc3ccccc3[nH]2)cc(OC)c1. The molecule has 0 unspecified atom stereocenters. The van der Waals surface area contributed by atoms with E-state index >= 15 is 0 Å². The number of aromatic nitrogens is 2. The first-order valence-electron chi connectivity index (χ1n) is 7.74. The molecule has 0 saturated carbocycles. The lowest BCUT2D eigenvalue weighted by atomic mass is 10.2. The Kier molecular flexibility index (Phi) is 5.14. The van der Waals surface area contributed by atoms with Crippen molar-refractivity contribution >= 4 is 34.4 Å². The number of methoxy groups -OCH3 is 2. The highest BCUT2D eigenvalue weighted by Crippen LogP contribution is 2.28. The normalized spacial score (nSPS) is 12.0. The third-order valence-electron chi connectivity index (χ3n) is 3.64. The Bertz CT molecular complexity index is 839. The monoisotopic (exact) mass is 357 g/mol. The highest BCUT2D eigenvalue weighted by Gasteiger charge is 2.17. The molecule has 0 aliphatic heterocycles.